The summed E-state index contributed by atoms with van der Waals surface area (Å²) in [6.07, 6.45) is 3.38. The van der Waals surface area contributed by atoms with Crippen LogP contribution in [0.25, 0.3) is 33.3 Å². The highest BCUT2D eigenvalue weighted by atomic mass is 19.1. The van der Waals surface area contributed by atoms with E-state index in [9.17, 15) is 9.90 Å². The molecule has 5 aromatic rings. The third kappa shape index (κ3) is 6.44. The predicted octanol–water partition coefficient (Wildman–Crippen LogP) is 7.09. The molecule has 0 amide bonds. The fraction of sp³-hybridized carbons (Fsp3) is 0.121. The van der Waals surface area contributed by atoms with Crippen molar-refractivity contribution in [2.24, 2.45) is 0 Å². The Balaban J connectivity index is 1.34. The molecule has 0 bridgehead atoms. The van der Waals surface area contributed by atoms with E-state index >= 15 is 8.78 Å². The van der Waals surface area contributed by atoms with Crippen LogP contribution in [0.3, 0.4) is 0 Å². The number of ether oxygens (including phenoxy) is 2. The summed E-state index contributed by atoms with van der Waals surface area (Å²) in [4.78, 5) is 18.3. The van der Waals surface area contributed by atoms with Gasteiger partial charge in [0.25, 0.3) is 6.01 Å². The number of aryl methyl sites for hydroxylation is 1. The Morgan fingerprint density at radius 3 is 2.37 bits per heavy atom. The molecule has 0 saturated heterocycles. The second-order valence-electron chi connectivity index (χ2n) is 9.72. The molecular formula is C33H28F2N4O4. The van der Waals surface area contributed by atoms with Crippen LogP contribution in [0.5, 0.6) is 11.8 Å². The predicted molar refractivity (Wildman–Crippen MR) is 161 cm³/mol. The summed E-state index contributed by atoms with van der Waals surface area (Å²) in [6.45, 7) is 2.89. The lowest BCUT2D eigenvalue weighted by Gasteiger charge is -2.08. The van der Waals surface area contributed by atoms with Crippen molar-refractivity contribution in [3.05, 3.63) is 113 Å². The molecule has 0 aliphatic heterocycles. The molecule has 0 unspecified atom stereocenters. The molecule has 218 valence electrons. The number of rotatable bonds is 11. The lowest BCUT2D eigenvalue weighted by atomic mass is 9.98. The van der Waals surface area contributed by atoms with Crippen molar-refractivity contribution in [2.75, 3.05) is 20.3 Å². The van der Waals surface area contributed by atoms with Gasteiger partial charge in [-0.25, -0.2) is 13.6 Å². The number of aromatic carboxylic acids is 1. The first kappa shape index (κ1) is 29.2. The van der Waals surface area contributed by atoms with Crippen LogP contribution in [0.15, 0.2) is 85.1 Å². The molecule has 43 heavy (non-hydrogen) atoms. The van der Waals surface area contributed by atoms with E-state index in [-0.39, 0.29) is 33.9 Å². The van der Waals surface area contributed by atoms with Crippen molar-refractivity contribution in [1.29, 1.82) is 5.41 Å². The van der Waals surface area contributed by atoms with Gasteiger partial charge in [0.1, 0.15) is 17.1 Å². The molecule has 4 N–H and O–H groups in total. The Kier molecular flexibility index (Phi) is 8.59. The van der Waals surface area contributed by atoms with E-state index in [1.807, 2.05) is 24.3 Å². The summed E-state index contributed by atoms with van der Waals surface area (Å²) in [5.74, 6) is -2.54. The standard InChI is InChI=1S/C33H28F2N4O4/c1-19-3-12-24(17-25(19)32(40)41)43-33-38-28-18-26(34)29(30(35)31(28)39-33)23-10-6-21(7-11-23)20-4-8-22(9-5-20)27(36)13-14-37-15-16-42-2/h3-14,17-18,36-37H,15-16H2,1-2H3,(H,38,39)(H,40,41)/b14-13-,36-27?. The number of aromatic nitrogens is 2. The number of halogens is 2. The topological polar surface area (TPSA) is 120 Å². The maximum atomic E-state index is 15.6. The van der Waals surface area contributed by atoms with Gasteiger partial charge in [-0.3, -0.25) is 0 Å². The number of carboxylic acids is 1. The summed E-state index contributed by atoms with van der Waals surface area (Å²) in [5.41, 5.74) is 3.54. The van der Waals surface area contributed by atoms with Crippen LogP contribution < -0.4 is 10.1 Å². The molecule has 0 aliphatic rings. The van der Waals surface area contributed by atoms with E-state index in [1.54, 1.807) is 62.7 Å². The fourth-order valence-corrected chi connectivity index (χ4v) is 4.53. The number of carbonyl (C=O) groups is 1. The Hall–Kier alpha value is -5.35. The van der Waals surface area contributed by atoms with Crippen molar-refractivity contribution in [3.63, 3.8) is 0 Å². The van der Waals surface area contributed by atoms with Gasteiger partial charge in [0, 0.05) is 19.7 Å². The molecule has 0 radical (unpaired) electrons. The number of hydrogen-bond acceptors (Lipinski definition) is 6. The van der Waals surface area contributed by atoms with Gasteiger partial charge < -0.3 is 30.3 Å². The van der Waals surface area contributed by atoms with Crippen molar-refractivity contribution < 1.29 is 28.2 Å². The molecule has 0 fully saturated rings. The number of nitrogens with one attached hydrogen (secondary N) is 3. The molecule has 1 aromatic heterocycles. The second-order valence-corrected chi connectivity index (χ2v) is 9.72. The lowest BCUT2D eigenvalue weighted by molar-refractivity contribution is 0.0695. The first-order chi connectivity index (χ1) is 20.7. The molecule has 1 heterocycles. The lowest BCUT2D eigenvalue weighted by Crippen LogP contribution is -2.12. The van der Waals surface area contributed by atoms with E-state index < -0.39 is 17.6 Å². The van der Waals surface area contributed by atoms with Gasteiger partial charge in [-0.05, 0) is 59.1 Å². The van der Waals surface area contributed by atoms with Gasteiger partial charge >= 0.3 is 5.97 Å². The Labute approximate surface area is 246 Å². The average molecular weight is 583 g/mol. The molecule has 5 rings (SSSR count). The van der Waals surface area contributed by atoms with Gasteiger partial charge in [-0.2, -0.15) is 4.98 Å². The van der Waals surface area contributed by atoms with E-state index in [1.165, 1.54) is 6.07 Å². The number of imidazole rings is 1. The first-order valence-electron chi connectivity index (χ1n) is 13.3. The van der Waals surface area contributed by atoms with Gasteiger partial charge in [-0.15, -0.1) is 0 Å². The van der Waals surface area contributed by atoms with Crippen LogP contribution in [0.1, 0.15) is 21.5 Å². The maximum Gasteiger partial charge on any atom is 0.336 e. The van der Waals surface area contributed by atoms with Crippen LogP contribution in [-0.2, 0) is 4.74 Å². The third-order valence-corrected chi connectivity index (χ3v) is 6.82. The zero-order valence-corrected chi connectivity index (χ0v) is 23.4. The molecular weight excluding hydrogens is 554 g/mol. The highest BCUT2D eigenvalue weighted by Crippen LogP contribution is 2.34. The van der Waals surface area contributed by atoms with Crippen LogP contribution in [0.4, 0.5) is 8.78 Å². The van der Waals surface area contributed by atoms with E-state index in [2.05, 4.69) is 15.3 Å². The number of allylic oxidation sites excluding steroid dienone is 1. The van der Waals surface area contributed by atoms with Crippen LogP contribution >= 0.6 is 0 Å². The number of nitrogens with zero attached hydrogens (tertiary/aromatic N) is 1. The smallest absolute Gasteiger partial charge is 0.336 e. The Bertz CT molecular complexity index is 1830. The average Bonchev–Trinajstić information content (AvgIpc) is 3.40. The number of hydrogen-bond donors (Lipinski definition) is 4. The largest absolute Gasteiger partial charge is 0.478 e. The van der Waals surface area contributed by atoms with E-state index in [0.29, 0.717) is 30.0 Å². The zero-order valence-electron chi connectivity index (χ0n) is 23.4. The van der Waals surface area contributed by atoms with Gasteiger partial charge in [0.05, 0.1) is 29.0 Å². The quantitative estimate of drug-likeness (QED) is 0.0975. The number of fused-ring (bicyclic) bond motifs is 1. The summed E-state index contributed by atoms with van der Waals surface area (Å²) in [7, 11) is 1.63. The number of H-pyrrole nitrogens is 1. The fourth-order valence-electron chi connectivity index (χ4n) is 4.53. The summed E-state index contributed by atoms with van der Waals surface area (Å²) >= 11 is 0. The Morgan fingerprint density at radius 1 is 1.02 bits per heavy atom. The van der Waals surface area contributed by atoms with Crippen LogP contribution in [0.2, 0.25) is 0 Å². The molecule has 0 atom stereocenters. The second kappa shape index (κ2) is 12.7. The van der Waals surface area contributed by atoms with Gasteiger partial charge in [-0.1, -0.05) is 54.6 Å². The summed E-state index contributed by atoms with van der Waals surface area (Å²) < 4.78 is 41.3. The zero-order chi connectivity index (χ0) is 30.5. The molecule has 4 aromatic carbocycles. The number of carboxylic acid groups (broad SMARTS) is 1. The van der Waals surface area contributed by atoms with Crippen LogP contribution in [-0.4, -0.2) is 47.0 Å². The minimum absolute atomic E-state index is 0.0612. The number of benzene rings is 4. The van der Waals surface area contributed by atoms with Crippen molar-refractivity contribution in [1.82, 2.24) is 15.3 Å². The third-order valence-electron chi connectivity index (χ3n) is 6.82. The van der Waals surface area contributed by atoms with Crippen molar-refractivity contribution in [3.8, 4) is 34.0 Å². The molecule has 8 nitrogen and oxygen atoms in total. The minimum Gasteiger partial charge on any atom is -0.478 e. The molecule has 0 aliphatic carbocycles. The van der Waals surface area contributed by atoms with Crippen molar-refractivity contribution >= 4 is 22.7 Å². The SMILES string of the molecule is COCCN/C=C\C(=N)c1ccc(-c2ccc(-c3c(F)cc4[nH]c(Oc5ccc(C)c(C(=O)O)c5)nc4c3F)cc2)cc1. The molecule has 10 heteroatoms. The Morgan fingerprint density at radius 2 is 1.70 bits per heavy atom. The molecule has 0 saturated carbocycles. The minimum atomic E-state index is -1.11. The maximum absolute atomic E-state index is 15.6. The molecule has 0 spiro atoms. The van der Waals surface area contributed by atoms with E-state index in [4.69, 9.17) is 14.9 Å². The normalized spacial score (nSPS) is 11.3. The highest BCUT2D eigenvalue weighted by Gasteiger charge is 2.20. The summed E-state index contributed by atoms with van der Waals surface area (Å²) in [6, 6.07) is 19.8. The highest BCUT2D eigenvalue weighted by molar-refractivity contribution is 6.06. The van der Waals surface area contributed by atoms with Gasteiger partial charge in [0.15, 0.2) is 5.82 Å². The van der Waals surface area contributed by atoms with Crippen molar-refractivity contribution in [2.45, 2.75) is 6.92 Å². The monoisotopic (exact) mass is 582 g/mol. The number of aromatic amines is 1. The van der Waals surface area contributed by atoms with Gasteiger partial charge in [0.2, 0.25) is 0 Å². The van der Waals surface area contributed by atoms with E-state index in [0.717, 1.165) is 22.8 Å². The first-order valence-corrected chi connectivity index (χ1v) is 13.3. The van der Waals surface area contributed by atoms with Crippen LogP contribution in [0, 0.1) is 24.0 Å². The number of methoxy groups -OCH3 is 1. The summed E-state index contributed by atoms with van der Waals surface area (Å²) in [5, 5.41) is 20.6.